The van der Waals surface area contributed by atoms with Gasteiger partial charge in [-0.25, -0.2) is 9.37 Å². The molecule has 1 aliphatic heterocycles. The minimum atomic E-state index is -0.321. The fourth-order valence-corrected chi connectivity index (χ4v) is 2.73. The van der Waals surface area contributed by atoms with Crippen LogP contribution in [-0.2, 0) is 11.3 Å². The van der Waals surface area contributed by atoms with Gasteiger partial charge in [-0.3, -0.25) is 14.8 Å². The van der Waals surface area contributed by atoms with Gasteiger partial charge < -0.3 is 4.74 Å². The number of rotatable bonds is 3. The number of benzene rings is 1. The van der Waals surface area contributed by atoms with Crippen molar-refractivity contribution >= 4 is 18.2 Å². The Bertz CT molecular complexity index is 918. The molecule has 0 amide bonds. The van der Waals surface area contributed by atoms with Crippen molar-refractivity contribution in [1.82, 2.24) is 24.5 Å². The summed E-state index contributed by atoms with van der Waals surface area (Å²) in [5.41, 5.74) is 1.15. The lowest BCUT2D eigenvalue weighted by Gasteiger charge is -2.25. The van der Waals surface area contributed by atoms with Crippen molar-refractivity contribution in [2.75, 3.05) is 26.3 Å². The van der Waals surface area contributed by atoms with Crippen molar-refractivity contribution in [2.24, 2.45) is 0 Å². The number of H-pyrrole nitrogens is 1. The Morgan fingerprint density at radius 2 is 1.88 bits per heavy atom. The van der Waals surface area contributed by atoms with Crippen molar-refractivity contribution < 1.29 is 9.13 Å². The lowest BCUT2D eigenvalue weighted by atomic mass is 10.2. The number of halogens is 2. The molecule has 1 fully saturated rings. The molecule has 4 rings (SSSR count). The third kappa shape index (κ3) is 3.71. The lowest BCUT2D eigenvalue weighted by molar-refractivity contribution is 0.0336. The fraction of sp³-hybridized carbons (Fsp3) is 0.312. The van der Waals surface area contributed by atoms with Gasteiger partial charge in [0, 0.05) is 31.3 Å². The zero-order valence-electron chi connectivity index (χ0n) is 13.3. The fourth-order valence-electron chi connectivity index (χ4n) is 2.73. The number of ether oxygens (including phenoxy) is 1. The molecule has 25 heavy (non-hydrogen) atoms. The van der Waals surface area contributed by atoms with Crippen molar-refractivity contribution in [3.05, 3.63) is 52.2 Å². The summed E-state index contributed by atoms with van der Waals surface area (Å²) in [6.45, 7) is 3.62. The molecule has 0 saturated carbocycles. The molecule has 1 saturated heterocycles. The van der Waals surface area contributed by atoms with Gasteiger partial charge in [0.05, 0.1) is 18.9 Å². The maximum atomic E-state index is 13.0. The maximum Gasteiger partial charge on any atom is 0.274 e. The molecule has 0 aliphatic carbocycles. The number of aromatic amines is 1. The molecule has 1 aliphatic rings. The van der Waals surface area contributed by atoms with Gasteiger partial charge in [0.25, 0.3) is 11.3 Å². The summed E-state index contributed by atoms with van der Waals surface area (Å²) >= 11 is 0. The Labute approximate surface area is 148 Å². The van der Waals surface area contributed by atoms with Crippen molar-refractivity contribution in [3.8, 4) is 11.4 Å². The van der Waals surface area contributed by atoms with Crippen LogP contribution in [0.2, 0.25) is 0 Å². The lowest BCUT2D eigenvalue weighted by Crippen LogP contribution is -2.36. The Hall–Kier alpha value is -2.29. The largest absolute Gasteiger partial charge is 0.379 e. The van der Waals surface area contributed by atoms with Crippen LogP contribution in [0.1, 0.15) is 5.69 Å². The van der Waals surface area contributed by atoms with Gasteiger partial charge in [0.2, 0.25) is 0 Å². The van der Waals surface area contributed by atoms with E-state index in [2.05, 4.69) is 20.0 Å². The standard InChI is InChI=1S/C16H16FN5O2.ClH/c17-12-3-1-11(2-4-12)15-19-16-18-13(9-14(23)22(16)20-15)10-21-5-7-24-8-6-21;/h1-4,9H,5-8,10H2,(H,18,19,20);1H. The van der Waals surface area contributed by atoms with Gasteiger partial charge >= 0.3 is 0 Å². The summed E-state index contributed by atoms with van der Waals surface area (Å²) in [7, 11) is 0. The van der Waals surface area contributed by atoms with E-state index in [1.54, 1.807) is 12.1 Å². The normalized spacial score (nSPS) is 15.2. The summed E-state index contributed by atoms with van der Waals surface area (Å²) in [6.07, 6.45) is 0. The quantitative estimate of drug-likeness (QED) is 0.761. The molecule has 2 aromatic heterocycles. The highest BCUT2D eigenvalue weighted by atomic mass is 35.5. The molecule has 0 unspecified atom stereocenters. The molecule has 3 aromatic rings. The van der Waals surface area contributed by atoms with Crippen LogP contribution in [0.3, 0.4) is 0 Å². The van der Waals surface area contributed by atoms with E-state index in [0.717, 1.165) is 13.1 Å². The van der Waals surface area contributed by atoms with Gasteiger partial charge in [-0.1, -0.05) is 0 Å². The van der Waals surface area contributed by atoms with E-state index >= 15 is 0 Å². The Morgan fingerprint density at radius 1 is 1.16 bits per heavy atom. The SMILES string of the molecule is Cl.O=c1cc(CN2CCOCC2)nc2nc(-c3ccc(F)cc3)[nH]n12. The van der Waals surface area contributed by atoms with Crippen molar-refractivity contribution in [2.45, 2.75) is 6.54 Å². The highest BCUT2D eigenvalue weighted by molar-refractivity contribution is 5.85. The summed E-state index contributed by atoms with van der Waals surface area (Å²) in [5, 5.41) is 2.90. The average Bonchev–Trinajstić information content (AvgIpc) is 3.01. The molecule has 1 aromatic carbocycles. The molecule has 7 nitrogen and oxygen atoms in total. The smallest absolute Gasteiger partial charge is 0.274 e. The molecule has 1 N–H and O–H groups in total. The molecule has 0 spiro atoms. The maximum absolute atomic E-state index is 13.0. The average molecular weight is 366 g/mol. The molecular formula is C16H17ClFN5O2. The van der Waals surface area contributed by atoms with E-state index in [4.69, 9.17) is 4.74 Å². The van der Waals surface area contributed by atoms with Crippen LogP contribution < -0.4 is 5.56 Å². The van der Waals surface area contributed by atoms with Crippen molar-refractivity contribution in [3.63, 3.8) is 0 Å². The third-order valence-electron chi connectivity index (χ3n) is 3.99. The number of nitrogens with one attached hydrogen (secondary N) is 1. The van der Waals surface area contributed by atoms with Crippen LogP contribution in [0.25, 0.3) is 17.2 Å². The second-order valence-electron chi connectivity index (χ2n) is 5.69. The molecule has 9 heteroatoms. The number of morpholine rings is 1. The van der Waals surface area contributed by atoms with Crippen molar-refractivity contribution in [1.29, 1.82) is 0 Å². The zero-order valence-corrected chi connectivity index (χ0v) is 14.1. The van der Waals surface area contributed by atoms with Gasteiger partial charge in [0.15, 0.2) is 5.82 Å². The molecule has 0 bridgehead atoms. The second kappa shape index (κ2) is 7.30. The summed E-state index contributed by atoms with van der Waals surface area (Å²) in [5.74, 6) is 0.464. The molecule has 3 heterocycles. The predicted octanol–water partition coefficient (Wildman–Crippen LogP) is 1.48. The Balaban J connectivity index is 0.00000182. The van der Waals surface area contributed by atoms with Crippen LogP contribution in [0.5, 0.6) is 0 Å². The first-order chi connectivity index (χ1) is 11.7. The molecule has 0 atom stereocenters. The van der Waals surface area contributed by atoms with E-state index in [9.17, 15) is 9.18 Å². The summed E-state index contributed by atoms with van der Waals surface area (Å²) < 4.78 is 19.6. The minimum Gasteiger partial charge on any atom is -0.379 e. The first-order valence-electron chi connectivity index (χ1n) is 7.74. The van der Waals surface area contributed by atoms with E-state index < -0.39 is 0 Å². The number of nitrogens with zero attached hydrogens (tertiary/aromatic N) is 4. The van der Waals surface area contributed by atoms with Crippen LogP contribution in [-0.4, -0.2) is 50.8 Å². The first-order valence-corrected chi connectivity index (χ1v) is 7.74. The molecule has 132 valence electrons. The molecular weight excluding hydrogens is 349 g/mol. The first kappa shape index (κ1) is 17.5. The van der Waals surface area contributed by atoms with Gasteiger partial charge in [-0.05, 0) is 24.3 Å². The van der Waals surface area contributed by atoms with E-state index in [1.807, 2.05) is 0 Å². The van der Waals surface area contributed by atoms with Gasteiger partial charge in [0.1, 0.15) is 5.82 Å². The van der Waals surface area contributed by atoms with Crippen LogP contribution in [0.15, 0.2) is 35.1 Å². The summed E-state index contributed by atoms with van der Waals surface area (Å²) in [6, 6.07) is 7.42. The second-order valence-corrected chi connectivity index (χ2v) is 5.69. The summed E-state index contributed by atoms with van der Waals surface area (Å²) in [4.78, 5) is 23.3. The molecule has 0 radical (unpaired) electrons. The van der Waals surface area contributed by atoms with Gasteiger partial charge in [-0.2, -0.15) is 9.50 Å². The van der Waals surface area contributed by atoms with Gasteiger partial charge in [-0.15, -0.1) is 12.4 Å². The number of aromatic nitrogens is 4. The predicted molar refractivity (Wildman–Crippen MR) is 92.3 cm³/mol. The number of hydrogen-bond donors (Lipinski definition) is 1. The Kier molecular flexibility index (Phi) is 5.12. The number of hydrogen-bond acceptors (Lipinski definition) is 5. The highest BCUT2D eigenvalue weighted by Crippen LogP contribution is 2.15. The van der Waals surface area contributed by atoms with E-state index in [0.29, 0.717) is 42.6 Å². The minimum absolute atomic E-state index is 0. The topological polar surface area (TPSA) is 75.5 Å². The highest BCUT2D eigenvalue weighted by Gasteiger charge is 2.14. The zero-order chi connectivity index (χ0) is 16.5. The third-order valence-corrected chi connectivity index (χ3v) is 3.99. The number of fused-ring (bicyclic) bond motifs is 1. The van der Waals surface area contributed by atoms with Crippen LogP contribution >= 0.6 is 12.4 Å². The van der Waals surface area contributed by atoms with Crippen LogP contribution in [0.4, 0.5) is 4.39 Å². The monoisotopic (exact) mass is 365 g/mol. The van der Waals surface area contributed by atoms with E-state index in [-0.39, 0.29) is 23.8 Å². The van der Waals surface area contributed by atoms with E-state index in [1.165, 1.54) is 22.7 Å². The Morgan fingerprint density at radius 3 is 2.60 bits per heavy atom. The van der Waals surface area contributed by atoms with Crippen LogP contribution in [0, 0.1) is 5.82 Å².